The number of amides is 1. The van der Waals surface area contributed by atoms with Crippen molar-refractivity contribution in [1.82, 2.24) is 20.3 Å². The zero-order chi connectivity index (χ0) is 25.1. The molecule has 3 heterocycles. The molecule has 0 spiro atoms. The Labute approximate surface area is 216 Å². The number of carbonyl (C=O) groups excluding carboxylic acids is 1. The molecule has 192 valence electrons. The zero-order valence-electron chi connectivity index (χ0n) is 21.4. The van der Waals surface area contributed by atoms with Crippen molar-refractivity contribution in [3.05, 3.63) is 46.1 Å². The molecule has 1 saturated heterocycles. The van der Waals surface area contributed by atoms with Crippen molar-refractivity contribution in [2.45, 2.75) is 58.4 Å². The summed E-state index contributed by atoms with van der Waals surface area (Å²) < 4.78 is 11.2. The van der Waals surface area contributed by atoms with Gasteiger partial charge in [0.25, 0.3) is 5.91 Å². The third kappa shape index (κ3) is 5.79. The molecule has 2 N–H and O–H groups in total. The van der Waals surface area contributed by atoms with Gasteiger partial charge in [-0.3, -0.25) is 20.5 Å². The average Bonchev–Trinajstić information content (AvgIpc) is 3.25. The first-order valence-electron chi connectivity index (χ1n) is 12.8. The summed E-state index contributed by atoms with van der Waals surface area (Å²) in [5, 5.41) is 1.04. The van der Waals surface area contributed by atoms with Crippen molar-refractivity contribution in [3.63, 3.8) is 0 Å². The van der Waals surface area contributed by atoms with Crippen molar-refractivity contribution in [3.8, 4) is 5.75 Å². The van der Waals surface area contributed by atoms with Gasteiger partial charge in [-0.2, -0.15) is 0 Å². The van der Waals surface area contributed by atoms with Crippen molar-refractivity contribution < 1.29 is 14.3 Å². The first kappa shape index (κ1) is 24.9. The van der Waals surface area contributed by atoms with Crippen molar-refractivity contribution in [2.24, 2.45) is 0 Å². The maximum absolute atomic E-state index is 12.6. The minimum atomic E-state index is -0.263. The first-order valence-corrected chi connectivity index (χ1v) is 13.6. The van der Waals surface area contributed by atoms with Crippen LogP contribution >= 0.6 is 11.3 Å². The molecule has 36 heavy (non-hydrogen) atoms. The number of nitrogens with zero attached hydrogens (tertiary/aromatic N) is 3. The highest BCUT2D eigenvalue weighted by atomic mass is 32.1. The molecule has 3 aromatic rings. The summed E-state index contributed by atoms with van der Waals surface area (Å²) in [5.41, 5.74) is 8.51. The van der Waals surface area contributed by atoms with Crippen molar-refractivity contribution in [1.29, 1.82) is 0 Å². The molecule has 0 unspecified atom stereocenters. The van der Waals surface area contributed by atoms with Crippen LogP contribution in [0.2, 0.25) is 0 Å². The number of nitrogens with one attached hydrogen (secondary N) is 2. The number of morpholine rings is 1. The van der Waals surface area contributed by atoms with Gasteiger partial charge >= 0.3 is 0 Å². The number of anilines is 1. The minimum Gasteiger partial charge on any atom is -0.484 e. The molecule has 1 aromatic carbocycles. The Kier molecular flexibility index (Phi) is 7.41. The second-order valence-corrected chi connectivity index (χ2v) is 11.6. The smallest absolute Gasteiger partial charge is 0.276 e. The van der Waals surface area contributed by atoms with Gasteiger partial charge in [-0.15, -0.1) is 11.3 Å². The van der Waals surface area contributed by atoms with E-state index in [0.29, 0.717) is 18.1 Å². The number of aromatic nitrogens is 2. The number of thiophene rings is 1. The van der Waals surface area contributed by atoms with Crippen LogP contribution in [0.3, 0.4) is 0 Å². The van der Waals surface area contributed by atoms with Crippen LogP contribution in [-0.4, -0.2) is 53.7 Å². The van der Waals surface area contributed by atoms with E-state index in [-0.39, 0.29) is 17.9 Å². The van der Waals surface area contributed by atoms with E-state index in [4.69, 9.17) is 19.4 Å². The molecular formula is C27H35N5O3S. The van der Waals surface area contributed by atoms with Crippen LogP contribution in [0.1, 0.15) is 55.4 Å². The van der Waals surface area contributed by atoms with E-state index in [0.717, 1.165) is 55.2 Å². The molecular weight excluding hydrogens is 474 g/mol. The van der Waals surface area contributed by atoms with Gasteiger partial charge < -0.3 is 9.47 Å². The van der Waals surface area contributed by atoms with E-state index < -0.39 is 0 Å². The Morgan fingerprint density at radius 1 is 1.11 bits per heavy atom. The lowest BCUT2D eigenvalue weighted by Gasteiger charge is -2.25. The Balaban J connectivity index is 1.28. The monoisotopic (exact) mass is 509 g/mol. The van der Waals surface area contributed by atoms with Crippen LogP contribution in [-0.2, 0) is 34.3 Å². The van der Waals surface area contributed by atoms with Gasteiger partial charge in [-0.05, 0) is 54.4 Å². The standard InChI is InChI=1S/C27H35N5O3S/c1-27(2,3)18-8-10-19(11-9-18)35-17-23(33)30-31-25-24-20-6-4-5-7-21(20)36-26(24)29-22(28-25)16-32-12-14-34-15-13-32/h8-11H,4-7,12-17H2,1-3H3,(H,30,33)(H,28,29,31). The van der Waals surface area contributed by atoms with Gasteiger partial charge in [0, 0.05) is 18.0 Å². The third-order valence-electron chi connectivity index (χ3n) is 6.74. The van der Waals surface area contributed by atoms with Crippen LogP contribution in [0.5, 0.6) is 5.75 Å². The number of hydrogen-bond acceptors (Lipinski definition) is 8. The number of ether oxygens (including phenoxy) is 2. The fourth-order valence-electron chi connectivity index (χ4n) is 4.69. The molecule has 1 aliphatic carbocycles. The number of benzene rings is 1. The molecule has 1 fully saturated rings. The Morgan fingerprint density at radius 3 is 2.61 bits per heavy atom. The second-order valence-electron chi connectivity index (χ2n) is 10.5. The van der Waals surface area contributed by atoms with Crippen LogP contribution < -0.4 is 15.6 Å². The largest absolute Gasteiger partial charge is 0.484 e. The summed E-state index contributed by atoms with van der Waals surface area (Å²) in [6.45, 7) is 10.3. The minimum absolute atomic E-state index is 0.0736. The highest BCUT2D eigenvalue weighted by molar-refractivity contribution is 7.19. The first-order chi connectivity index (χ1) is 17.4. The van der Waals surface area contributed by atoms with Crippen LogP contribution in [0.25, 0.3) is 10.2 Å². The van der Waals surface area contributed by atoms with Gasteiger partial charge in [0.15, 0.2) is 12.4 Å². The van der Waals surface area contributed by atoms with Crippen LogP contribution in [0, 0.1) is 0 Å². The van der Waals surface area contributed by atoms with Gasteiger partial charge in [0.05, 0.1) is 25.1 Å². The van der Waals surface area contributed by atoms with Gasteiger partial charge in [0.2, 0.25) is 0 Å². The van der Waals surface area contributed by atoms with Crippen LogP contribution in [0.15, 0.2) is 24.3 Å². The summed E-state index contributed by atoms with van der Waals surface area (Å²) in [5.74, 6) is 1.84. The molecule has 5 rings (SSSR count). The van der Waals surface area contributed by atoms with Crippen LogP contribution in [0.4, 0.5) is 5.82 Å². The van der Waals surface area contributed by atoms with E-state index in [1.807, 2.05) is 24.3 Å². The molecule has 0 atom stereocenters. The number of fused-ring (bicyclic) bond motifs is 3. The molecule has 1 aliphatic heterocycles. The van der Waals surface area contributed by atoms with Gasteiger partial charge in [-0.25, -0.2) is 9.97 Å². The van der Waals surface area contributed by atoms with E-state index >= 15 is 0 Å². The molecule has 2 aromatic heterocycles. The van der Waals surface area contributed by atoms with E-state index in [2.05, 4.69) is 36.5 Å². The SMILES string of the molecule is CC(C)(C)c1ccc(OCC(=O)NNc2nc(CN3CCOCC3)nc3sc4c(c23)CCCC4)cc1. The summed E-state index contributed by atoms with van der Waals surface area (Å²) in [4.78, 5) is 27.1. The predicted octanol–water partition coefficient (Wildman–Crippen LogP) is 4.22. The maximum atomic E-state index is 12.6. The van der Waals surface area contributed by atoms with Gasteiger partial charge in [-0.1, -0.05) is 32.9 Å². The van der Waals surface area contributed by atoms with Gasteiger partial charge in [0.1, 0.15) is 16.4 Å². The number of hydrazine groups is 1. The molecule has 2 aliphatic rings. The molecule has 0 radical (unpaired) electrons. The summed E-state index contributed by atoms with van der Waals surface area (Å²) in [7, 11) is 0. The van der Waals surface area contributed by atoms with Crippen molar-refractivity contribution >= 4 is 33.3 Å². The molecule has 8 nitrogen and oxygen atoms in total. The lowest BCUT2D eigenvalue weighted by Crippen LogP contribution is -2.36. The summed E-state index contributed by atoms with van der Waals surface area (Å²) >= 11 is 1.76. The topological polar surface area (TPSA) is 88.6 Å². The Morgan fingerprint density at radius 2 is 1.86 bits per heavy atom. The Bertz CT molecular complexity index is 1210. The molecule has 1 amide bonds. The fourth-order valence-corrected chi connectivity index (χ4v) is 5.97. The second kappa shape index (κ2) is 10.7. The maximum Gasteiger partial charge on any atom is 0.276 e. The highest BCUT2D eigenvalue weighted by Gasteiger charge is 2.22. The highest BCUT2D eigenvalue weighted by Crippen LogP contribution is 2.38. The lowest BCUT2D eigenvalue weighted by atomic mass is 9.87. The average molecular weight is 510 g/mol. The number of hydrogen-bond donors (Lipinski definition) is 2. The van der Waals surface area contributed by atoms with Crippen molar-refractivity contribution in [2.75, 3.05) is 38.3 Å². The quantitative estimate of drug-likeness (QED) is 0.461. The normalized spacial score (nSPS) is 16.5. The lowest BCUT2D eigenvalue weighted by molar-refractivity contribution is -0.122. The fraction of sp³-hybridized carbons (Fsp3) is 0.519. The number of carbonyl (C=O) groups is 1. The third-order valence-corrected chi connectivity index (χ3v) is 7.93. The van der Waals surface area contributed by atoms with E-state index in [1.54, 1.807) is 11.3 Å². The molecule has 0 bridgehead atoms. The van der Waals surface area contributed by atoms with E-state index in [9.17, 15) is 4.79 Å². The molecule has 0 saturated carbocycles. The summed E-state index contributed by atoms with van der Waals surface area (Å²) in [6.07, 6.45) is 4.49. The zero-order valence-corrected chi connectivity index (χ0v) is 22.2. The Hall–Kier alpha value is -2.75. The number of rotatable bonds is 7. The summed E-state index contributed by atoms with van der Waals surface area (Å²) in [6, 6.07) is 7.90. The molecule has 9 heteroatoms. The predicted molar refractivity (Wildman–Crippen MR) is 143 cm³/mol. The van der Waals surface area contributed by atoms with E-state index in [1.165, 1.54) is 28.8 Å². The number of aryl methyl sites for hydroxylation is 2.